The van der Waals surface area contributed by atoms with Gasteiger partial charge in [0.25, 0.3) is 0 Å². The highest BCUT2D eigenvalue weighted by atomic mass is 14.4. The van der Waals surface area contributed by atoms with Crippen LogP contribution >= 0.6 is 0 Å². The molecule has 0 bridgehead atoms. The van der Waals surface area contributed by atoms with Crippen molar-refractivity contribution >= 4 is 0 Å². The maximum Gasteiger partial charge on any atom is -0.0323 e. The van der Waals surface area contributed by atoms with Crippen LogP contribution in [0.4, 0.5) is 0 Å². The normalized spacial score (nSPS) is 31.3. The van der Waals surface area contributed by atoms with Gasteiger partial charge >= 0.3 is 0 Å². The predicted octanol–water partition coefficient (Wildman–Crippen LogP) is 16.3. The van der Waals surface area contributed by atoms with Crippen LogP contribution in [0.15, 0.2) is 0 Å². The molecule has 4 rings (SSSR count). The van der Waals surface area contributed by atoms with Crippen molar-refractivity contribution in [2.24, 2.45) is 70.5 Å². The Bertz CT molecular complexity index is 627. The molecule has 0 aromatic rings. The van der Waals surface area contributed by atoms with Gasteiger partial charge in [-0.05, 0) is 103 Å². The monoisotopic (exact) mass is 635 g/mol. The lowest BCUT2D eigenvalue weighted by Gasteiger charge is -2.41. The summed E-state index contributed by atoms with van der Waals surface area (Å²) in [5, 5.41) is 0. The number of hydrogen-bond acceptors (Lipinski definition) is 0. The average Bonchev–Trinajstić information content (AvgIpc) is 2.94. The second-order valence-electron chi connectivity index (χ2n) is 18.3. The largest absolute Gasteiger partial charge is 0.0776 e. The molecule has 7 unspecified atom stereocenters. The predicted molar refractivity (Wildman–Crippen MR) is 211 cm³/mol. The zero-order valence-electron chi connectivity index (χ0n) is 32.6. The fourth-order valence-corrected chi connectivity index (χ4v) is 10.2. The molecule has 4 aliphatic carbocycles. The fraction of sp³-hybridized carbons (Fsp3) is 1.00. The molecule has 0 saturated heterocycles. The van der Waals surface area contributed by atoms with Crippen molar-refractivity contribution in [2.75, 3.05) is 0 Å². The summed E-state index contributed by atoms with van der Waals surface area (Å²) in [6.45, 7) is 31.0. The Morgan fingerprint density at radius 3 is 1.22 bits per heavy atom. The van der Waals surface area contributed by atoms with E-state index in [1.807, 2.05) is 0 Å². The molecule has 0 nitrogen and oxygen atoms in total. The highest BCUT2D eigenvalue weighted by Crippen LogP contribution is 2.44. The van der Waals surface area contributed by atoms with Crippen LogP contribution in [0.2, 0.25) is 0 Å². The van der Waals surface area contributed by atoms with Crippen molar-refractivity contribution in [1.29, 1.82) is 0 Å². The minimum atomic E-state index is 0. The molecular weight excluding hydrogens is 540 g/mol. The van der Waals surface area contributed by atoms with Crippen LogP contribution in [-0.4, -0.2) is 0 Å². The maximum atomic E-state index is 2.44. The van der Waals surface area contributed by atoms with Gasteiger partial charge in [-0.2, -0.15) is 0 Å². The SMILES string of the molecule is C.C.CC(C)C1CCCCC1(C)C.CC(C)C1CCCCC1C.CC(C)C1CCCCC1C.CCC1CCCCC1CC(C)C. The van der Waals surface area contributed by atoms with E-state index >= 15 is 0 Å². The zero-order valence-corrected chi connectivity index (χ0v) is 32.6. The van der Waals surface area contributed by atoms with E-state index < -0.39 is 0 Å². The van der Waals surface area contributed by atoms with Crippen LogP contribution in [0.25, 0.3) is 0 Å². The Kier molecular flexibility index (Phi) is 26.2. The maximum absolute atomic E-state index is 2.44. The van der Waals surface area contributed by atoms with Crippen molar-refractivity contribution in [1.82, 2.24) is 0 Å². The molecule has 4 saturated carbocycles. The van der Waals surface area contributed by atoms with E-state index in [4.69, 9.17) is 0 Å². The van der Waals surface area contributed by atoms with Crippen LogP contribution in [0.5, 0.6) is 0 Å². The van der Waals surface area contributed by atoms with Crippen LogP contribution in [0.3, 0.4) is 0 Å². The lowest BCUT2D eigenvalue weighted by Crippen LogP contribution is -2.31. The Hall–Kier alpha value is 0. The topological polar surface area (TPSA) is 0 Å². The van der Waals surface area contributed by atoms with E-state index in [1.54, 1.807) is 0 Å². The van der Waals surface area contributed by atoms with Gasteiger partial charge in [0.05, 0.1) is 0 Å². The van der Waals surface area contributed by atoms with Crippen LogP contribution in [0, 0.1) is 70.5 Å². The summed E-state index contributed by atoms with van der Waals surface area (Å²) < 4.78 is 0. The number of rotatable bonds is 6. The average molecular weight is 635 g/mol. The van der Waals surface area contributed by atoms with Crippen molar-refractivity contribution in [3.8, 4) is 0 Å². The summed E-state index contributed by atoms with van der Waals surface area (Å²) in [5.74, 6) is 10.7. The molecule has 0 amide bonds. The first-order valence-corrected chi connectivity index (χ1v) is 20.2. The molecular formula is C45H94. The summed E-state index contributed by atoms with van der Waals surface area (Å²) in [5.41, 5.74) is 0.617. The zero-order chi connectivity index (χ0) is 32.6. The van der Waals surface area contributed by atoms with E-state index in [0.717, 1.165) is 65.1 Å². The highest BCUT2D eigenvalue weighted by molar-refractivity contribution is 4.84. The molecule has 4 fully saturated rings. The van der Waals surface area contributed by atoms with Crippen molar-refractivity contribution in [2.45, 2.75) is 220 Å². The van der Waals surface area contributed by atoms with Crippen LogP contribution in [-0.2, 0) is 0 Å². The van der Waals surface area contributed by atoms with Gasteiger partial charge in [-0.1, -0.05) is 188 Å². The second kappa shape index (κ2) is 25.0. The van der Waals surface area contributed by atoms with Crippen molar-refractivity contribution in [3.63, 3.8) is 0 Å². The lowest BCUT2D eigenvalue weighted by atomic mass is 9.65. The molecule has 0 spiro atoms. The highest BCUT2D eigenvalue weighted by Gasteiger charge is 2.33. The van der Waals surface area contributed by atoms with Gasteiger partial charge in [0.2, 0.25) is 0 Å². The summed E-state index contributed by atoms with van der Waals surface area (Å²) in [6, 6.07) is 0. The van der Waals surface area contributed by atoms with Gasteiger partial charge in [0.1, 0.15) is 0 Å². The summed E-state index contributed by atoms with van der Waals surface area (Å²) >= 11 is 0. The van der Waals surface area contributed by atoms with Crippen molar-refractivity contribution < 1.29 is 0 Å². The summed E-state index contributed by atoms with van der Waals surface area (Å²) in [4.78, 5) is 0. The summed E-state index contributed by atoms with van der Waals surface area (Å²) in [6.07, 6.45) is 26.5. The third-order valence-corrected chi connectivity index (χ3v) is 12.8. The molecule has 0 aromatic carbocycles. The molecule has 274 valence electrons. The fourth-order valence-electron chi connectivity index (χ4n) is 10.2. The molecule has 0 heterocycles. The minimum Gasteiger partial charge on any atom is -0.0776 e. The molecule has 7 atom stereocenters. The molecule has 0 aliphatic heterocycles. The smallest absolute Gasteiger partial charge is 0.0323 e. The Morgan fingerprint density at radius 1 is 0.511 bits per heavy atom. The van der Waals surface area contributed by atoms with E-state index in [-0.39, 0.29) is 14.9 Å². The van der Waals surface area contributed by atoms with Gasteiger partial charge in [-0.3, -0.25) is 0 Å². The first-order chi connectivity index (χ1) is 20.2. The van der Waals surface area contributed by atoms with Gasteiger partial charge in [0, 0.05) is 0 Å². The minimum absolute atomic E-state index is 0. The van der Waals surface area contributed by atoms with Crippen LogP contribution in [0.1, 0.15) is 220 Å². The third kappa shape index (κ3) is 18.4. The van der Waals surface area contributed by atoms with E-state index in [1.165, 1.54) is 116 Å². The quantitative estimate of drug-likeness (QED) is 0.273. The molecule has 45 heavy (non-hydrogen) atoms. The van der Waals surface area contributed by atoms with Gasteiger partial charge in [-0.15, -0.1) is 0 Å². The van der Waals surface area contributed by atoms with Gasteiger partial charge in [-0.25, -0.2) is 0 Å². The number of hydrogen-bond donors (Lipinski definition) is 0. The second-order valence-corrected chi connectivity index (χ2v) is 18.3. The molecule has 0 aromatic heterocycles. The Labute approximate surface area is 290 Å². The van der Waals surface area contributed by atoms with Crippen molar-refractivity contribution in [3.05, 3.63) is 0 Å². The van der Waals surface area contributed by atoms with E-state index in [2.05, 4.69) is 90.0 Å². The van der Waals surface area contributed by atoms with Crippen LogP contribution < -0.4 is 0 Å². The Balaban J connectivity index is 0. The first-order valence-electron chi connectivity index (χ1n) is 20.2. The molecule has 0 N–H and O–H groups in total. The standard InChI is InChI=1S/C12H24.C11H22.2C10H20.2CH4/c1-4-11-7-5-6-8-12(11)9-10(2)3;1-9(2)10-7-5-6-8-11(10,3)4;2*1-8(2)10-7-5-4-6-9(10)3;;/h10-12H,4-9H2,1-3H3;9-10H,5-8H2,1-4H3;2*8-10H,4-7H2,1-3H3;2*1H4. The van der Waals surface area contributed by atoms with E-state index in [9.17, 15) is 0 Å². The molecule has 4 aliphatic rings. The molecule has 0 heteroatoms. The van der Waals surface area contributed by atoms with E-state index in [0.29, 0.717) is 5.41 Å². The van der Waals surface area contributed by atoms with Gasteiger partial charge in [0.15, 0.2) is 0 Å². The van der Waals surface area contributed by atoms with Gasteiger partial charge < -0.3 is 0 Å². The summed E-state index contributed by atoms with van der Waals surface area (Å²) in [7, 11) is 0. The first kappa shape index (κ1) is 47.1. The molecule has 0 radical (unpaired) electrons. The Morgan fingerprint density at radius 2 is 0.911 bits per heavy atom. The third-order valence-electron chi connectivity index (χ3n) is 12.8. The lowest BCUT2D eigenvalue weighted by molar-refractivity contribution is 0.0958.